The third kappa shape index (κ3) is 4.63. The lowest BCUT2D eigenvalue weighted by Crippen LogP contribution is -2.31. The van der Waals surface area contributed by atoms with Crippen LogP contribution in [0.3, 0.4) is 0 Å². The van der Waals surface area contributed by atoms with Gasteiger partial charge >= 0.3 is 0 Å². The molecule has 8 heteroatoms. The van der Waals surface area contributed by atoms with Crippen molar-refractivity contribution in [2.24, 2.45) is 0 Å². The Morgan fingerprint density at radius 3 is 2.50 bits per heavy atom. The Morgan fingerprint density at radius 2 is 1.75 bits per heavy atom. The number of hydrogen-bond donors (Lipinski definition) is 2. The standard InChI is InChI=1S/C20H17ClN4O3/c1-13-15(21)8-5-9-16(13)23-18(26)12-25-19(27)11-10-17(24-25)20(28)22-14-6-3-2-4-7-14/h2-11H,12H2,1H3,(H,22,28)(H,23,26). The molecule has 0 unspecified atom stereocenters. The SMILES string of the molecule is Cc1c(Cl)cccc1NC(=O)Cn1nc(C(=O)Nc2ccccc2)ccc1=O. The number of para-hydroxylation sites is 1. The van der Waals surface area contributed by atoms with Crippen molar-refractivity contribution in [1.29, 1.82) is 0 Å². The Kier molecular flexibility index (Phi) is 5.86. The van der Waals surface area contributed by atoms with Crippen molar-refractivity contribution in [3.8, 4) is 0 Å². The van der Waals surface area contributed by atoms with E-state index in [0.29, 0.717) is 22.0 Å². The molecule has 2 N–H and O–H groups in total. The largest absolute Gasteiger partial charge is 0.324 e. The number of nitrogens with one attached hydrogen (secondary N) is 2. The Labute approximate surface area is 166 Å². The predicted octanol–water partition coefficient (Wildman–Crippen LogP) is 3.10. The molecular formula is C20H17ClN4O3. The quantitative estimate of drug-likeness (QED) is 0.693. The lowest BCUT2D eigenvalue weighted by Gasteiger charge is -2.11. The zero-order valence-electron chi connectivity index (χ0n) is 15.0. The number of rotatable bonds is 5. The van der Waals surface area contributed by atoms with Crippen molar-refractivity contribution in [2.75, 3.05) is 10.6 Å². The van der Waals surface area contributed by atoms with Gasteiger partial charge in [0.2, 0.25) is 5.91 Å². The van der Waals surface area contributed by atoms with Gasteiger partial charge < -0.3 is 10.6 Å². The Hall–Kier alpha value is -3.45. The van der Waals surface area contributed by atoms with Crippen LogP contribution in [0.15, 0.2) is 65.5 Å². The Bertz CT molecular complexity index is 1080. The first-order valence-electron chi connectivity index (χ1n) is 8.43. The zero-order valence-corrected chi connectivity index (χ0v) is 15.7. The highest BCUT2D eigenvalue weighted by Crippen LogP contribution is 2.22. The lowest BCUT2D eigenvalue weighted by molar-refractivity contribution is -0.117. The van der Waals surface area contributed by atoms with Gasteiger partial charge in [0.15, 0.2) is 0 Å². The molecule has 0 radical (unpaired) electrons. The van der Waals surface area contributed by atoms with Crippen LogP contribution in [0.1, 0.15) is 16.1 Å². The highest BCUT2D eigenvalue weighted by molar-refractivity contribution is 6.31. The highest BCUT2D eigenvalue weighted by Gasteiger charge is 2.13. The van der Waals surface area contributed by atoms with Crippen molar-refractivity contribution in [3.63, 3.8) is 0 Å². The lowest BCUT2D eigenvalue weighted by atomic mass is 10.2. The number of benzene rings is 2. The van der Waals surface area contributed by atoms with Crippen LogP contribution >= 0.6 is 11.6 Å². The summed E-state index contributed by atoms with van der Waals surface area (Å²) in [5.41, 5.74) is 1.39. The van der Waals surface area contributed by atoms with Gasteiger partial charge in [-0.05, 0) is 42.8 Å². The fraction of sp³-hybridized carbons (Fsp3) is 0.100. The van der Waals surface area contributed by atoms with E-state index in [1.54, 1.807) is 49.4 Å². The number of carbonyl (C=O) groups excluding carboxylic acids is 2. The summed E-state index contributed by atoms with van der Waals surface area (Å²) in [5.74, 6) is -0.938. The molecular weight excluding hydrogens is 380 g/mol. The molecule has 1 heterocycles. The average molecular weight is 397 g/mol. The summed E-state index contributed by atoms with van der Waals surface area (Å²) in [6.45, 7) is 1.44. The number of hydrogen-bond acceptors (Lipinski definition) is 4. The predicted molar refractivity (Wildman–Crippen MR) is 108 cm³/mol. The number of carbonyl (C=O) groups is 2. The summed E-state index contributed by atoms with van der Waals surface area (Å²) in [6.07, 6.45) is 0. The number of anilines is 2. The average Bonchev–Trinajstić information content (AvgIpc) is 2.68. The minimum absolute atomic E-state index is 0.0233. The molecule has 0 atom stereocenters. The van der Waals surface area contributed by atoms with Crippen LogP contribution in [-0.2, 0) is 11.3 Å². The number of aromatic nitrogens is 2. The van der Waals surface area contributed by atoms with Crippen LogP contribution in [-0.4, -0.2) is 21.6 Å². The second-order valence-electron chi connectivity index (χ2n) is 6.00. The summed E-state index contributed by atoms with van der Waals surface area (Å²) >= 11 is 6.04. The molecule has 0 saturated carbocycles. The zero-order chi connectivity index (χ0) is 20.1. The Balaban J connectivity index is 1.74. The van der Waals surface area contributed by atoms with Crippen molar-refractivity contribution in [3.05, 3.63) is 87.3 Å². The van der Waals surface area contributed by atoms with Crippen molar-refractivity contribution in [1.82, 2.24) is 9.78 Å². The van der Waals surface area contributed by atoms with E-state index in [1.165, 1.54) is 12.1 Å². The fourth-order valence-corrected chi connectivity index (χ4v) is 2.64. The summed E-state index contributed by atoms with van der Waals surface area (Å²) in [4.78, 5) is 36.7. The fourth-order valence-electron chi connectivity index (χ4n) is 2.47. The molecule has 3 aromatic rings. The maximum Gasteiger partial charge on any atom is 0.276 e. The van der Waals surface area contributed by atoms with E-state index in [2.05, 4.69) is 15.7 Å². The van der Waals surface area contributed by atoms with Gasteiger partial charge in [0.1, 0.15) is 12.2 Å². The minimum Gasteiger partial charge on any atom is -0.324 e. The Morgan fingerprint density at radius 1 is 1.00 bits per heavy atom. The van der Waals surface area contributed by atoms with E-state index in [-0.39, 0.29) is 12.2 Å². The smallest absolute Gasteiger partial charge is 0.276 e. The first-order valence-corrected chi connectivity index (χ1v) is 8.81. The van der Waals surface area contributed by atoms with Gasteiger partial charge in [-0.2, -0.15) is 5.10 Å². The van der Waals surface area contributed by atoms with E-state index >= 15 is 0 Å². The molecule has 2 aromatic carbocycles. The second-order valence-corrected chi connectivity index (χ2v) is 6.40. The summed E-state index contributed by atoms with van der Waals surface area (Å²) in [5, 5.41) is 9.89. The molecule has 1 aromatic heterocycles. The van der Waals surface area contributed by atoms with Gasteiger partial charge in [0, 0.05) is 22.5 Å². The monoisotopic (exact) mass is 396 g/mol. The van der Waals surface area contributed by atoms with Gasteiger partial charge in [0.05, 0.1) is 0 Å². The topological polar surface area (TPSA) is 93.1 Å². The minimum atomic E-state index is -0.491. The van der Waals surface area contributed by atoms with Crippen LogP contribution in [0, 0.1) is 6.92 Å². The number of nitrogens with zero attached hydrogens (tertiary/aromatic N) is 2. The van der Waals surface area contributed by atoms with Crippen LogP contribution < -0.4 is 16.2 Å². The van der Waals surface area contributed by atoms with Gasteiger partial charge in [-0.15, -0.1) is 0 Å². The van der Waals surface area contributed by atoms with Gasteiger partial charge in [-0.3, -0.25) is 14.4 Å². The maximum atomic E-state index is 12.3. The molecule has 28 heavy (non-hydrogen) atoms. The summed E-state index contributed by atoms with van der Waals surface area (Å²) < 4.78 is 0.940. The van der Waals surface area contributed by atoms with Crippen molar-refractivity contribution < 1.29 is 9.59 Å². The van der Waals surface area contributed by atoms with Crippen LogP contribution in [0.25, 0.3) is 0 Å². The van der Waals surface area contributed by atoms with Crippen molar-refractivity contribution >= 4 is 34.8 Å². The molecule has 3 rings (SSSR count). The summed E-state index contributed by atoms with van der Waals surface area (Å²) in [6, 6.07) is 16.5. The molecule has 0 aliphatic carbocycles. The molecule has 0 bridgehead atoms. The molecule has 0 fully saturated rings. The maximum absolute atomic E-state index is 12.3. The number of amides is 2. The first-order chi connectivity index (χ1) is 13.4. The molecule has 0 saturated heterocycles. The van der Waals surface area contributed by atoms with E-state index in [0.717, 1.165) is 4.68 Å². The summed E-state index contributed by atoms with van der Waals surface area (Å²) in [7, 11) is 0. The van der Waals surface area contributed by atoms with Crippen molar-refractivity contribution in [2.45, 2.75) is 13.5 Å². The van der Waals surface area contributed by atoms with E-state index in [4.69, 9.17) is 11.6 Å². The normalized spacial score (nSPS) is 10.4. The molecule has 2 amide bonds. The van der Waals surface area contributed by atoms with Crippen LogP contribution in [0.2, 0.25) is 5.02 Å². The van der Waals surface area contributed by atoms with E-state index < -0.39 is 17.4 Å². The van der Waals surface area contributed by atoms with E-state index in [1.807, 2.05) is 6.07 Å². The molecule has 0 aliphatic rings. The molecule has 0 aliphatic heterocycles. The number of halogens is 1. The van der Waals surface area contributed by atoms with Crippen LogP contribution in [0.4, 0.5) is 11.4 Å². The first kappa shape index (κ1) is 19.3. The highest BCUT2D eigenvalue weighted by atomic mass is 35.5. The van der Waals surface area contributed by atoms with E-state index in [9.17, 15) is 14.4 Å². The molecule has 142 valence electrons. The van der Waals surface area contributed by atoms with Gasteiger partial charge in [-0.25, -0.2) is 4.68 Å². The van der Waals surface area contributed by atoms with Crippen LogP contribution in [0.5, 0.6) is 0 Å². The second kappa shape index (κ2) is 8.49. The molecule has 0 spiro atoms. The molecule has 7 nitrogen and oxygen atoms in total. The third-order valence-corrected chi connectivity index (χ3v) is 4.38. The van der Waals surface area contributed by atoms with Gasteiger partial charge in [-0.1, -0.05) is 35.9 Å². The van der Waals surface area contributed by atoms with Gasteiger partial charge in [0.25, 0.3) is 11.5 Å². The third-order valence-electron chi connectivity index (χ3n) is 3.97.